The minimum Gasteiger partial charge on any atom is -0.481 e. The molecule has 0 fully saturated rings. The molecule has 0 aliphatic heterocycles. The summed E-state index contributed by atoms with van der Waals surface area (Å²) < 4.78 is 10.1. The molecule has 2 atom stereocenters. The van der Waals surface area contributed by atoms with E-state index in [1.165, 1.54) is 7.11 Å². The molecule has 0 spiro atoms. The minimum absolute atomic E-state index is 0.147. The molecular weight excluding hydrogens is 212 g/mol. The lowest BCUT2D eigenvalue weighted by atomic mass is 10.2. The largest absolute Gasteiger partial charge is 0.481 e. The van der Waals surface area contributed by atoms with Crippen molar-refractivity contribution in [2.45, 2.75) is 51.7 Å². The number of carboxylic acid groups (broad SMARTS) is 1. The Kier molecular flexibility index (Phi) is 7.54. The molecular formula is C11H20O5. The number of hydrogen-bond acceptors (Lipinski definition) is 4. The molecule has 0 amide bonds. The van der Waals surface area contributed by atoms with Gasteiger partial charge in [-0.15, -0.1) is 0 Å². The predicted molar refractivity (Wildman–Crippen MR) is 58.1 cm³/mol. The van der Waals surface area contributed by atoms with Gasteiger partial charge in [0.2, 0.25) is 0 Å². The second-order valence-corrected chi connectivity index (χ2v) is 3.59. The van der Waals surface area contributed by atoms with Crippen LogP contribution in [0.15, 0.2) is 0 Å². The van der Waals surface area contributed by atoms with Crippen LogP contribution < -0.4 is 0 Å². The van der Waals surface area contributed by atoms with E-state index in [2.05, 4.69) is 0 Å². The second kappa shape index (κ2) is 8.10. The highest BCUT2D eigenvalue weighted by atomic mass is 16.5. The van der Waals surface area contributed by atoms with Crippen LogP contribution in [-0.2, 0) is 19.1 Å². The first-order valence-electron chi connectivity index (χ1n) is 5.47. The Morgan fingerprint density at radius 1 is 1.12 bits per heavy atom. The third-order valence-electron chi connectivity index (χ3n) is 2.34. The van der Waals surface area contributed by atoms with E-state index in [-0.39, 0.29) is 18.9 Å². The molecule has 0 heterocycles. The molecule has 16 heavy (non-hydrogen) atoms. The van der Waals surface area contributed by atoms with Gasteiger partial charge in [0, 0.05) is 7.11 Å². The van der Waals surface area contributed by atoms with Crippen molar-refractivity contribution in [3.63, 3.8) is 0 Å². The fourth-order valence-corrected chi connectivity index (χ4v) is 1.28. The van der Waals surface area contributed by atoms with Crippen LogP contribution in [0.25, 0.3) is 0 Å². The summed E-state index contributed by atoms with van der Waals surface area (Å²) in [5.41, 5.74) is 0. The molecule has 0 aliphatic rings. The van der Waals surface area contributed by atoms with Crippen LogP contribution in [0.2, 0.25) is 0 Å². The average molecular weight is 232 g/mol. The molecule has 0 aromatic heterocycles. The van der Waals surface area contributed by atoms with Crippen molar-refractivity contribution in [3.8, 4) is 0 Å². The lowest BCUT2D eigenvalue weighted by molar-refractivity contribution is -0.155. The molecule has 1 N–H and O–H groups in total. The first-order chi connectivity index (χ1) is 7.53. The highest BCUT2D eigenvalue weighted by Crippen LogP contribution is 2.09. The van der Waals surface area contributed by atoms with Gasteiger partial charge in [-0.25, -0.2) is 0 Å². The number of esters is 1. The molecule has 0 saturated carbocycles. The zero-order valence-corrected chi connectivity index (χ0v) is 10.1. The van der Waals surface area contributed by atoms with Gasteiger partial charge in [-0.1, -0.05) is 13.8 Å². The van der Waals surface area contributed by atoms with E-state index in [1.807, 2.05) is 6.92 Å². The van der Waals surface area contributed by atoms with Crippen molar-refractivity contribution in [2.75, 3.05) is 7.11 Å². The number of rotatable bonds is 8. The van der Waals surface area contributed by atoms with Crippen LogP contribution in [0.4, 0.5) is 0 Å². The molecule has 5 nitrogen and oxygen atoms in total. The average Bonchev–Trinajstić information content (AvgIpc) is 2.24. The Hall–Kier alpha value is -1.10. The number of carbonyl (C=O) groups excluding carboxylic acids is 1. The highest BCUT2D eigenvalue weighted by molar-refractivity contribution is 5.71. The highest BCUT2D eigenvalue weighted by Gasteiger charge is 2.18. The van der Waals surface area contributed by atoms with E-state index in [9.17, 15) is 9.59 Å². The first kappa shape index (κ1) is 14.9. The van der Waals surface area contributed by atoms with Crippen molar-refractivity contribution >= 4 is 11.9 Å². The number of hydrogen-bond donors (Lipinski definition) is 1. The smallest absolute Gasteiger partial charge is 0.308 e. The fourth-order valence-electron chi connectivity index (χ4n) is 1.28. The van der Waals surface area contributed by atoms with Gasteiger partial charge in [-0.3, -0.25) is 9.59 Å². The molecule has 94 valence electrons. The molecule has 2 unspecified atom stereocenters. The van der Waals surface area contributed by atoms with E-state index in [0.29, 0.717) is 6.42 Å². The summed E-state index contributed by atoms with van der Waals surface area (Å²) in [6, 6.07) is 0. The monoisotopic (exact) mass is 232 g/mol. The number of aliphatic carboxylic acids is 1. The maximum atomic E-state index is 11.4. The molecule has 5 heteroatoms. The van der Waals surface area contributed by atoms with Gasteiger partial charge < -0.3 is 14.6 Å². The summed E-state index contributed by atoms with van der Waals surface area (Å²) in [4.78, 5) is 21.9. The van der Waals surface area contributed by atoms with Crippen molar-refractivity contribution in [2.24, 2.45) is 0 Å². The minimum atomic E-state index is -0.960. The Morgan fingerprint density at radius 2 is 1.69 bits per heavy atom. The Bertz CT molecular complexity index is 222. The van der Waals surface area contributed by atoms with Crippen molar-refractivity contribution in [1.82, 2.24) is 0 Å². The molecule has 0 aromatic rings. The summed E-state index contributed by atoms with van der Waals surface area (Å²) in [5.74, 6) is -1.36. The van der Waals surface area contributed by atoms with Crippen molar-refractivity contribution in [1.29, 1.82) is 0 Å². The maximum absolute atomic E-state index is 11.4. The Balaban J connectivity index is 4.04. The van der Waals surface area contributed by atoms with Gasteiger partial charge in [0.05, 0.1) is 18.9 Å². The third-order valence-corrected chi connectivity index (χ3v) is 2.34. The summed E-state index contributed by atoms with van der Waals surface area (Å²) in [6.07, 6.45) is 0.548. The number of ether oxygens (including phenoxy) is 2. The van der Waals surface area contributed by atoms with Crippen LogP contribution >= 0.6 is 0 Å². The van der Waals surface area contributed by atoms with Crippen LogP contribution in [0, 0.1) is 0 Å². The van der Waals surface area contributed by atoms with Crippen molar-refractivity contribution in [3.05, 3.63) is 0 Å². The fraction of sp³-hybridized carbons (Fsp3) is 0.818. The summed E-state index contributed by atoms with van der Waals surface area (Å²) >= 11 is 0. The second-order valence-electron chi connectivity index (χ2n) is 3.59. The number of methoxy groups -OCH3 is 1. The third kappa shape index (κ3) is 6.40. The summed E-state index contributed by atoms with van der Waals surface area (Å²) in [7, 11) is 1.54. The lowest BCUT2D eigenvalue weighted by Crippen LogP contribution is -2.24. The zero-order valence-electron chi connectivity index (χ0n) is 10.1. The van der Waals surface area contributed by atoms with Crippen LogP contribution in [0.3, 0.4) is 0 Å². The van der Waals surface area contributed by atoms with Gasteiger partial charge in [0.1, 0.15) is 6.10 Å². The standard InChI is InChI=1S/C11H20O5/c1-4-8(15-3)7-11(14)16-9(5-2)6-10(12)13/h8-9H,4-7H2,1-3H3,(H,12,13). The quantitative estimate of drug-likeness (QED) is 0.643. The van der Waals surface area contributed by atoms with E-state index >= 15 is 0 Å². The van der Waals surface area contributed by atoms with E-state index in [0.717, 1.165) is 6.42 Å². The molecule has 0 rings (SSSR count). The first-order valence-corrected chi connectivity index (χ1v) is 5.47. The van der Waals surface area contributed by atoms with Gasteiger partial charge in [0.25, 0.3) is 0 Å². The van der Waals surface area contributed by atoms with E-state index in [1.54, 1.807) is 6.92 Å². The van der Waals surface area contributed by atoms with Crippen LogP contribution in [0.1, 0.15) is 39.5 Å². The normalized spacial score (nSPS) is 14.2. The topological polar surface area (TPSA) is 72.8 Å². The van der Waals surface area contributed by atoms with Crippen LogP contribution in [0.5, 0.6) is 0 Å². The molecule has 0 aromatic carbocycles. The SMILES string of the molecule is CCC(CC(=O)OC(CC)CC(=O)O)OC. The zero-order chi connectivity index (χ0) is 12.6. The Morgan fingerprint density at radius 3 is 2.06 bits per heavy atom. The molecule has 0 saturated heterocycles. The van der Waals surface area contributed by atoms with Gasteiger partial charge in [-0.05, 0) is 12.8 Å². The summed E-state index contributed by atoms with van der Waals surface area (Å²) in [5, 5.41) is 8.59. The maximum Gasteiger partial charge on any atom is 0.308 e. The van der Waals surface area contributed by atoms with Gasteiger partial charge in [0.15, 0.2) is 0 Å². The number of carbonyl (C=O) groups is 2. The van der Waals surface area contributed by atoms with Gasteiger partial charge >= 0.3 is 11.9 Å². The van der Waals surface area contributed by atoms with Gasteiger partial charge in [-0.2, -0.15) is 0 Å². The molecule has 0 aliphatic carbocycles. The summed E-state index contributed by atoms with van der Waals surface area (Å²) in [6.45, 7) is 3.70. The van der Waals surface area contributed by atoms with E-state index in [4.69, 9.17) is 14.6 Å². The lowest BCUT2D eigenvalue weighted by Gasteiger charge is -2.16. The molecule has 0 bridgehead atoms. The van der Waals surface area contributed by atoms with E-state index < -0.39 is 18.0 Å². The van der Waals surface area contributed by atoms with Crippen molar-refractivity contribution < 1.29 is 24.2 Å². The Labute approximate surface area is 95.7 Å². The predicted octanol–water partition coefficient (Wildman–Crippen LogP) is 1.60. The van der Waals surface area contributed by atoms with Crippen LogP contribution in [-0.4, -0.2) is 36.4 Å². The number of carboxylic acids is 1. The molecule has 0 radical (unpaired) electrons.